The van der Waals surface area contributed by atoms with Crippen LogP contribution in [0.2, 0.25) is 0 Å². The molecule has 16 heavy (non-hydrogen) atoms. The Kier molecular flexibility index (Phi) is 2.81. The molecule has 0 spiro atoms. The zero-order valence-corrected chi connectivity index (χ0v) is 9.34. The van der Waals surface area contributed by atoms with Crippen molar-refractivity contribution in [2.45, 2.75) is 20.4 Å². The summed E-state index contributed by atoms with van der Waals surface area (Å²) in [6.45, 7) is 4.54. The Labute approximate surface area is 93.9 Å². The van der Waals surface area contributed by atoms with Crippen LogP contribution in [0.15, 0.2) is 24.3 Å². The Balaban J connectivity index is 2.23. The van der Waals surface area contributed by atoms with Crippen LogP contribution in [-0.4, -0.2) is 21.3 Å². The van der Waals surface area contributed by atoms with E-state index in [1.54, 1.807) is 4.68 Å². The summed E-state index contributed by atoms with van der Waals surface area (Å²) in [4.78, 5) is 10.6. The highest BCUT2D eigenvalue weighted by molar-refractivity contribution is 5.72. The lowest BCUT2D eigenvalue weighted by atomic mass is 10.1. The van der Waals surface area contributed by atoms with Gasteiger partial charge in [-0.3, -0.25) is 4.79 Å². The van der Waals surface area contributed by atoms with Crippen molar-refractivity contribution in [1.29, 1.82) is 0 Å². The Bertz CT molecular complexity index is 499. The first-order valence-corrected chi connectivity index (χ1v) is 5.11. The molecule has 2 aromatic rings. The van der Waals surface area contributed by atoms with Gasteiger partial charge in [0.15, 0.2) is 6.29 Å². The third-order valence-corrected chi connectivity index (χ3v) is 2.58. The molecule has 0 saturated heterocycles. The van der Waals surface area contributed by atoms with E-state index in [4.69, 9.17) is 0 Å². The molecule has 1 aromatic carbocycles. The monoisotopic (exact) mass is 215 g/mol. The molecule has 4 heteroatoms. The van der Waals surface area contributed by atoms with Crippen molar-refractivity contribution in [1.82, 2.24) is 15.0 Å². The van der Waals surface area contributed by atoms with Crippen LogP contribution in [0, 0.1) is 13.8 Å². The quantitative estimate of drug-likeness (QED) is 0.733. The molecule has 0 fully saturated rings. The van der Waals surface area contributed by atoms with Crippen LogP contribution >= 0.6 is 0 Å². The molecule has 4 nitrogen and oxygen atoms in total. The summed E-state index contributed by atoms with van der Waals surface area (Å²) in [5.74, 6) is 0. The van der Waals surface area contributed by atoms with E-state index in [2.05, 4.69) is 41.5 Å². The molecule has 0 bridgehead atoms. The van der Waals surface area contributed by atoms with E-state index in [1.165, 1.54) is 5.56 Å². The predicted molar refractivity (Wildman–Crippen MR) is 60.4 cm³/mol. The molecule has 0 unspecified atom stereocenters. The van der Waals surface area contributed by atoms with Gasteiger partial charge in [-0.25, -0.2) is 4.68 Å². The molecule has 0 aliphatic rings. The second-order valence-corrected chi connectivity index (χ2v) is 3.82. The Morgan fingerprint density at radius 3 is 2.50 bits per heavy atom. The topological polar surface area (TPSA) is 47.8 Å². The zero-order valence-electron chi connectivity index (χ0n) is 9.34. The van der Waals surface area contributed by atoms with Crippen LogP contribution in [-0.2, 0) is 6.54 Å². The maximum Gasteiger partial charge on any atom is 0.172 e. The summed E-state index contributed by atoms with van der Waals surface area (Å²) in [7, 11) is 0. The highest BCUT2D eigenvalue weighted by Crippen LogP contribution is 2.07. The first kappa shape index (κ1) is 10.5. The van der Waals surface area contributed by atoms with Crippen LogP contribution in [0.25, 0.3) is 0 Å². The fraction of sp³-hybridized carbons (Fsp3) is 0.250. The van der Waals surface area contributed by atoms with Crippen molar-refractivity contribution < 1.29 is 4.79 Å². The molecular formula is C12H13N3O. The minimum absolute atomic E-state index is 0.409. The Hall–Kier alpha value is -1.97. The number of hydrogen-bond acceptors (Lipinski definition) is 3. The molecule has 0 saturated carbocycles. The van der Waals surface area contributed by atoms with E-state index < -0.39 is 0 Å². The minimum atomic E-state index is 0.409. The summed E-state index contributed by atoms with van der Waals surface area (Å²) in [5, 5.41) is 7.73. The molecule has 0 N–H and O–H groups in total. The van der Waals surface area contributed by atoms with E-state index in [0.717, 1.165) is 17.5 Å². The molecular weight excluding hydrogens is 202 g/mol. The van der Waals surface area contributed by atoms with E-state index in [-0.39, 0.29) is 0 Å². The molecule has 1 aromatic heterocycles. The van der Waals surface area contributed by atoms with Crippen molar-refractivity contribution >= 4 is 6.29 Å². The van der Waals surface area contributed by atoms with Gasteiger partial charge in [0.05, 0.1) is 12.2 Å². The SMILES string of the molecule is Cc1ccc(Cn2nnc(C=O)c2C)cc1. The highest BCUT2D eigenvalue weighted by atomic mass is 16.1. The van der Waals surface area contributed by atoms with Crippen molar-refractivity contribution in [3.63, 3.8) is 0 Å². The minimum Gasteiger partial charge on any atom is -0.296 e. The van der Waals surface area contributed by atoms with Crippen molar-refractivity contribution in [3.05, 3.63) is 46.8 Å². The van der Waals surface area contributed by atoms with E-state index in [1.807, 2.05) is 6.92 Å². The van der Waals surface area contributed by atoms with Gasteiger partial charge in [0, 0.05) is 0 Å². The molecule has 0 aliphatic heterocycles. The molecule has 0 amide bonds. The molecule has 0 aliphatic carbocycles. The molecule has 0 radical (unpaired) electrons. The summed E-state index contributed by atoms with van der Waals surface area (Å²) >= 11 is 0. The normalized spacial score (nSPS) is 10.4. The number of aryl methyl sites for hydroxylation is 1. The lowest BCUT2D eigenvalue weighted by Gasteiger charge is -2.03. The van der Waals surface area contributed by atoms with Crippen molar-refractivity contribution in [2.24, 2.45) is 0 Å². The van der Waals surface area contributed by atoms with Gasteiger partial charge in [0.2, 0.25) is 0 Å². The summed E-state index contributed by atoms with van der Waals surface area (Å²) < 4.78 is 1.73. The first-order valence-electron chi connectivity index (χ1n) is 5.11. The number of carbonyl (C=O) groups excluding carboxylic acids is 1. The fourth-order valence-electron chi connectivity index (χ4n) is 1.50. The lowest BCUT2D eigenvalue weighted by Crippen LogP contribution is -2.04. The maximum atomic E-state index is 10.6. The smallest absolute Gasteiger partial charge is 0.172 e. The number of benzene rings is 1. The Morgan fingerprint density at radius 2 is 1.94 bits per heavy atom. The second kappa shape index (κ2) is 4.26. The van der Waals surface area contributed by atoms with E-state index >= 15 is 0 Å². The van der Waals surface area contributed by atoms with Crippen LogP contribution in [0.3, 0.4) is 0 Å². The lowest BCUT2D eigenvalue weighted by molar-refractivity contribution is 0.111. The molecule has 1 heterocycles. The number of rotatable bonds is 3. The maximum absolute atomic E-state index is 10.6. The third-order valence-electron chi connectivity index (χ3n) is 2.58. The van der Waals surface area contributed by atoms with Crippen molar-refractivity contribution in [3.8, 4) is 0 Å². The second-order valence-electron chi connectivity index (χ2n) is 3.82. The van der Waals surface area contributed by atoms with Gasteiger partial charge in [-0.2, -0.15) is 0 Å². The third kappa shape index (κ3) is 2.00. The van der Waals surface area contributed by atoms with Crippen molar-refractivity contribution in [2.75, 3.05) is 0 Å². The van der Waals surface area contributed by atoms with Gasteiger partial charge < -0.3 is 0 Å². The van der Waals surface area contributed by atoms with Gasteiger partial charge in [0.1, 0.15) is 5.69 Å². The number of hydrogen-bond donors (Lipinski definition) is 0. The van der Waals surface area contributed by atoms with Crippen LogP contribution in [0.5, 0.6) is 0 Å². The summed E-state index contributed by atoms with van der Waals surface area (Å²) in [6.07, 6.45) is 0.730. The standard InChI is InChI=1S/C12H13N3O/c1-9-3-5-11(6-4-9)7-15-10(2)12(8-16)13-14-15/h3-6,8H,7H2,1-2H3. The predicted octanol–water partition coefficient (Wildman–Crippen LogP) is 1.76. The average molecular weight is 215 g/mol. The van der Waals surface area contributed by atoms with Gasteiger partial charge in [-0.15, -0.1) is 5.10 Å². The van der Waals surface area contributed by atoms with Crippen LogP contribution in [0.4, 0.5) is 0 Å². The Morgan fingerprint density at radius 1 is 1.25 bits per heavy atom. The van der Waals surface area contributed by atoms with Gasteiger partial charge in [0.25, 0.3) is 0 Å². The number of carbonyl (C=O) groups is 1. The van der Waals surface area contributed by atoms with E-state index in [9.17, 15) is 4.79 Å². The number of nitrogens with zero attached hydrogens (tertiary/aromatic N) is 3. The van der Waals surface area contributed by atoms with Crippen LogP contribution < -0.4 is 0 Å². The molecule has 82 valence electrons. The van der Waals surface area contributed by atoms with Gasteiger partial charge >= 0.3 is 0 Å². The molecule has 2 rings (SSSR count). The fourth-order valence-corrected chi connectivity index (χ4v) is 1.50. The number of aldehydes is 1. The van der Waals surface area contributed by atoms with Gasteiger partial charge in [-0.05, 0) is 19.4 Å². The number of aromatic nitrogens is 3. The average Bonchev–Trinajstić information content (AvgIpc) is 2.63. The largest absolute Gasteiger partial charge is 0.296 e. The zero-order chi connectivity index (χ0) is 11.5. The first-order chi connectivity index (χ1) is 7.70. The van der Waals surface area contributed by atoms with Gasteiger partial charge in [-0.1, -0.05) is 35.0 Å². The highest BCUT2D eigenvalue weighted by Gasteiger charge is 2.07. The summed E-state index contributed by atoms with van der Waals surface area (Å²) in [6, 6.07) is 8.22. The summed E-state index contributed by atoms with van der Waals surface area (Å²) in [5.41, 5.74) is 3.59. The molecule has 0 atom stereocenters. The van der Waals surface area contributed by atoms with E-state index in [0.29, 0.717) is 12.2 Å². The van der Waals surface area contributed by atoms with Crippen LogP contribution in [0.1, 0.15) is 27.3 Å².